The van der Waals surface area contributed by atoms with E-state index in [2.05, 4.69) is 4.72 Å². The summed E-state index contributed by atoms with van der Waals surface area (Å²) in [5.74, 6) is -0.767. The monoisotopic (exact) mass is 368 g/mol. The number of rotatable bonds is 3. The summed E-state index contributed by atoms with van der Waals surface area (Å²) in [6.45, 7) is 2.44. The SMILES string of the molecule is CC(=O)N1Cc2ccc(NS(=O)(=O)c3cc(F)cc(Cl)c3)cc2C1. The van der Waals surface area contributed by atoms with Crippen LogP contribution in [0.25, 0.3) is 0 Å². The minimum absolute atomic E-state index is 0.00132. The first-order valence-electron chi connectivity index (χ1n) is 7.11. The van der Waals surface area contributed by atoms with E-state index < -0.39 is 15.8 Å². The average Bonchev–Trinajstić information content (AvgIpc) is 2.89. The Kier molecular flexibility index (Phi) is 4.23. The number of amides is 1. The molecule has 0 spiro atoms. The zero-order valence-corrected chi connectivity index (χ0v) is 14.3. The van der Waals surface area contributed by atoms with Crippen molar-refractivity contribution >= 4 is 33.2 Å². The molecule has 0 saturated carbocycles. The minimum Gasteiger partial charge on any atom is -0.334 e. The molecule has 0 fully saturated rings. The maximum Gasteiger partial charge on any atom is 0.262 e. The van der Waals surface area contributed by atoms with Gasteiger partial charge in [-0.25, -0.2) is 12.8 Å². The van der Waals surface area contributed by atoms with Crippen molar-refractivity contribution in [3.8, 4) is 0 Å². The first-order chi connectivity index (χ1) is 11.2. The third-order valence-corrected chi connectivity index (χ3v) is 5.35. The molecule has 1 aliphatic heterocycles. The summed E-state index contributed by atoms with van der Waals surface area (Å²) in [5.41, 5.74) is 2.20. The molecule has 24 heavy (non-hydrogen) atoms. The number of carbonyl (C=O) groups excluding carboxylic acids is 1. The largest absolute Gasteiger partial charge is 0.334 e. The van der Waals surface area contributed by atoms with E-state index in [1.54, 1.807) is 23.1 Å². The van der Waals surface area contributed by atoms with Gasteiger partial charge in [0.15, 0.2) is 0 Å². The van der Waals surface area contributed by atoms with Gasteiger partial charge in [0.1, 0.15) is 5.82 Å². The van der Waals surface area contributed by atoms with Crippen LogP contribution in [0.2, 0.25) is 5.02 Å². The van der Waals surface area contributed by atoms with E-state index in [-0.39, 0.29) is 15.8 Å². The standard InChI is InChI=1S/C16H14ClFN2O3S/c1-10(21)20-8-11-2-3-15(4-12(11)9-20)19-24(22,23)16-6-13(17)5-14(18)7-16/h2-7,19H,8-9H2,1H3. The Morgan fingerprint density at radius 2 is 1.88 bits per heavy atom. The second kappa shape index (κ2) is 6.07. The zero-order chi connectivity index (χ0) is 17.5. The summed E-state index contributed by atoms with van der Waals surface area (Å²) in [6.07, 6.45) is 0. The van der Waals surface area contributed by atoms with Crippen LogP contribution in [0.5, 0.6) is 0 Å². The summed E-state index contributed by atoms with van der Waals surface area (Å²) >= 11 is 5.71. The summed E-state index contributed by atoms with van der Waals surface area (Å²) in [5, 5.41) is 0.00132. The van der Waals surface area contributed by atoms with Crippen molar-refractivity contribution in [2.24, 2.45) is 0 Å². The van der Waals surface area contributed by atoms with Gasteiger partial charge in [0.25, 0.3) is 10.0 Å². The smallest absolute Gasteiger partial charge is 0.262 e. The van der Waals surface area contributed by atoms with Gasteiger partial charge in [0.05, 0.1) is 4.90 Å². The average molecular weight is 369 g/mol. The van der Waals surface area contributed by atoms with E-state index in [1.807, 2.05) is 0 Å². The number of fused-ring (bicyclic) bond motifs is 1. The Morgan fingerprint density at radius 1 is 1.17 bits per heavy atom. The molecule has 5 nitrogen and oxygen atoms in total. The zero-order valence-electron chi connectivity index (χ0n) is 12.7. The summed E-state index contributed by atoms with van der Waals surface area (Å²) < 4.78 is 40.5. The molecule has 2 aromatic rings. The highest BCUT2D eigenvalue weighted by Crippen LogP contribution is 2.27. The lowest BCUT2D eigenvalue weighted by molar-refractivity contribution is -0.129. The molecule has 1 heterocycles. The van der Waals surface area contributed by atoms with Crippen molar-refractivity contribution < 1.29 is 17.6 Å². The van der Waals surface area contributed by atoms with Crippen molar-refractivity contribution in [1.29, 1.82) is 0 Å². The van der Waals surface area contributed by atoms with Crippen LogP contribution >= 0.6 is 11.6 Å². The highest BCUT2D eigenvalue weighted by molar-refractivity contribution is 7.92. The number of sulfonamides is 1. The first-order valence-corrected chi connectivity index (χ1v) is 8.97. The van der Waals surface area contributed by atoms with Gasteiger partial charge in [0.2, 0.25) is 5.91 Å². The van der Waals surface area contributed by atoms with Gasteiger partial charge in [-0.2, -0.15) is 0 Å². The van der Waals surface area contributed by atoms with Crippen molar-refractivity contribution in [2.75, 3.05) is 4.72 Å². The minimum atomic E-state index is -3.96. The van der Waals surface area contributed by atoms with Crippen LogP contribution in [0.15, 0.2) is 41.3 Å². The Morgan fingerprint density at radius 3 is 2.54 bits per heavy atom. The number of halogens is 2. The van der Waals surface area contributed by atoms with E-state index in [1.165, 1.54) is 13.0 Å². The number of nitrogens with one attached hydrogen (secondary N) is 1. The summed E-state index contributed by atoms with van der Waals surface area (Å²) in [6, 6.07) is 8.18. The molecule has 8 heteroatoms. The van der Waals surface area contributed by atoms with Crippen LogP contribution < -0.4 is 4.72 Å². The molecule has 0 aromatic heterocycles. The van der Waals surface area contributed by atoms with Crippen molar-refractivity contribution in [3.63, 3.8) is 0 Å². The van der Waals surface area contributed by atoms with Gasteiger partial charge in [-0.15, -0.1) is 0 Å². The lowest BCUT2D eigenvalue weighted by Gasteiger charge is -2.11. The van der Waals surface area contributed by atoms with E-state index in [0.717, 1.165) is 23.3 Å². The van der Waals surface area contributed by atoms with Crippen LogP contribution in [-0.2, 0) is 27.9 Å². The third-order valence-electron chi connectivity index (χ3n) is 3.77. The molecular weight excluding hydrogens is 355 g/mol. The highest BCUT2D eigenvalue weighted by atomic mass is 35.5. The van der Waals surface area contributed by atoms with Gasteiger partial charge >= 0.3 is 0 Å². The van der Waals surface area contributed by atoms with Crippen LogP contribution in [0, 0.1) is 5.82 Å². The van der Waals surface area contributed by atoms with Crippen LogP contribution in [0.3, 0.4) is 0 Å². The second-order valence-electron chi connectivity index (χ2n) is 5.57. The molecule has 0 saturated heterocycles. The summed E-state index contributed by atoms with van der Waals surface area (Å²) in [7, 11) is -3.96. The van der Waals surface area contributed by atoms with E-state index >= 15 is 0 Å². The molecule has 1 aliphatic rings. The van der Waals surface area contributed by atoms with Crippen LogP contribution in [-0.4, -0.2) is 19.2 Å². The fourth-order valence-electron chi connectivity index (χ4n) is 2.58. The quantitative estimate of drug-likeness (QED) is 0.905. The Balaban J connectivity index is 1.87. The van der Waals surface area contributed by atoms with Crippen molar-refractivity contribution in [1.82, 2.24) is 4.90 Å². The Hall–Kier alpha value is -2.12. The normalized spacial score (nSPS) is 13.7. The van der Waals surface area contributed by atoms with Gasteiger partial charge in [0, 0.05) is 30.7 Å². The first kappa shape index (κ1) is 16.7. The van der Waals surface area contributed by atoms with E-state index in [9.17, 15) is 17.6 Å². The predicted octanol–water partition coefficient (Wildman–Crippen LogP) is 3.14. The van der Waals surface area contributed by atoms with E-state index in [0.29, 0.717) is 18.8 Å². The van der Waals surface area contributed by atoms with Gasteiger partial charge < -0.3 is 4.90 Å². The van der Waals surface area contributed by atoms with Crippen LogP contribution in [0.1, 0.15) is 18.1 Å². The van der Waals surface area contributed by atoms with Gasteiger partial charge in [-0.05, 0) is 41.5 Å². The molecule has 1 N–H and O–H groups in total. The molecule has 0 atom stereocenters. The topological polar surface area (TPSA) is 66.5 Å². The molecular formula is C16H14ClFN2O3S. The van der Waals surface area contributed by atoms with E-state index in [4.69, 9.17) is 11.6 Å². The molecule has 3 rings (SSSR count). The number of hydrogen-bond acceptors (Lipinski definition) is 3. The number of carbonyl (C=O) groups is 1. The molecule has 0 unspecified atom stereocenters. The number of benzene rings is 2. The summed E-state index contributed by atoms with van der Waals surface area (Å²) in [4.78, 5) is 12.9. The molecule has 0 radical (unpaired) electrons. The molecule has 0 bridgehead atoms. The maximum atomic E-state index is 13.4. The number of anilines is 1. The van der Waals surface area contributed by atoms with Crippen molar-refractivity contribution in [3.05, 3.63) is 58.4 Å². The third kappa shape index (κ3) is 3.37. The van der Waals surface area contributed by atoms with Gasteiger partial charge in [-0.1, -0.05) is 17.7 Å². The second-order valence-corrected chi connectivity index (χ2v) is 7.69. The van der Waals surface area contributed by atoms with Crippen LogP contribution in [0.4, 0.5) is 10.1 Å². The highest BCUT2D eigenvalue weighted by Gasteiger charge is 2.22. The molecule has 0 aliphatic carbocycles. The lowest BCUT2D eigenvalue weighted by atomic mass is 10.1. The maximum absolute atomic E-state index is 13.4. The lowest BCUT2D eigenvalue weighted by Crippen LogP contribution is -2.21. The number of nitrogens with zero attached hydrogens (tertiary/aromatic N) is 1. The predicted molar refractivity (Wildman–Crippen MR) is 88.6 cm³/mol. The fraction of sp³-hybridized carbons (Fsp3) is 0.188. The number of hydrogen-bond donors (Lipinski definition) is 1. The molecule has 126 valence electrons. The molecule has 1 amide bonds. The molecule has 2 aromatic carbocycles. The van der Waals surface area contributed by atoms with Gasteiger partial charge in [-0.3, -0.25) is 9.52 Å². The van der Waals surface area contributed by atoms with Crippen molar-refractivity contribution in [2.45, 2.75) is 24.9 Å². The fourth-order valence-corrected chi connectivity index (χ4v) is 3.97. The Bertz CT molecular complexity index is 911. The Labute approximate surface area is 144 Å².